The van der Waals surface area contributed by atoms with E-state index >= 15 is 0 Å². The van der Waals surface area contributed by atoms with Crippen LogP contribution in [0, 0.1) is 0 Å². The Labute approximate surface area is 341 Å². The second-order valence-electron chi connectivity index (χ2n) is 15.5. The Morgan fingerprint density at radius 2 is 1.50 bits per heavy atom. The Morgan fingerprint density at radius 3 is 2.24 bits per heavy atom. The molecule has 3 saturated heterocycles. The van der Waals surface area contributed by atoms with E-state index in [2.05, 4.69) is 40.7 Å². The number of nitrogens with one attached hydrogen (secondary N) is 1. The lowest BCUT2D eigenvalue weighted by molar-refractivity contribution is -0.136. The van der Waals surface area contributed by atoms with E-state index in [4.69, 9.17) is 15.6 Å². The van der Waals surface area contributed by atoms with Crippen molar-refractivity contribution in [1.29, 1.82) is 0 Å². The number of hydrogen-bond donors (Lipinski definition) is 2. The summed E-state index contributed by atoms with van der Waals surface area (Å²) in [4.78, 5) is 56.5. The minimum Gasteiger partial charge on any atom is -0.457 e. The van der Waals surface area contributed by atoms with Gasteiger partial charge in [0.25, 0.3) is 5.91 Å². The molecular formula is C43H48N10O4S. The summed E-state index contributed by atoms with van der Waals surface area (Å²) in [7, 11) is 0. The molecule has 14 nitrogen and oxygen atoms in total. The van der Waals surface area contributed by atoms with Crippen molar-refractivity contribution in [1.82, 2.24) is 44.7 Å². The first-order valence-corrected chi connectivity index (χ1v) is 21.2. The van der Waals surface area contributed by atoms with Gasteiger partial charge >= 0.3 is 0 Å². The number of ether oxygens (including phenoxy) is 1. The Hall–Kier alpha value is -5.35. The molecule has 0 spiro atoms. The maximum atomic E-state index is 13.0. The van der Waals surface area contributed by atoms with Crippen LogP contribution in [-0.4, -0.2) is 128 Å². The van der Waals surface area contributed by atoms with E-state index < -0.39 is 6.04 Å². The number of piperidine rings is 2. The first kappa shape index (κ1) is 38.2. The maximum absolute atomic E-state index is 13.0. The van der Waals surface area contributed by atoms with E-state index in [1.54, 1.807) is 4.90 Å². The summed E-state index contributed by atoms with van der Waals surface area (Å²) in [5.74, 6) is 2.17. The number of para-hydroxylation sites is 1. The van der Waals surface area contributed by atoms with Crippen LogP contribution in [0.5, 0.6) is 11.5 Å². The van der Waals surface area contributed by atoms with E-state index in [-0.39, 0.29) is 30.2 Å². The molecule has 2 aromatic heterocycles. The van der Waals surface area contributed by atoms with Crippen molar-refractivity contribution in [2.75, 3.05) is 70.4 Å². The number of piperazine rings is 1. The number of benzene rings is 3. The Morgan fingerprint density at radius 1 is 0.793 bits per heavy atom. The van der Waals surface area contributed by atoms with Gasteiger partial charge in [0.1, 0.15) is 35.4 Å². The summed E-state index contributed by atoms with van der Waals surface area (Å²) in [6.45, 7) is 9.83. The van der Waals surface area contributed by atoms with Crippen molar-refractivity contribution in [2.45, 2.75) is 49.2 Å². The molecule has 9 rings (SSSR count). The molecule has 1 atom stereocenters. The number of imide groups is 1. The van der Waals surface area contributed by atoms with Gasteiger partial charge in [0.05, 0.1) is 11.4 Å². The Bertz CT molecular complexity index is 2290. The summed E-state index contributed by atoms with van der Waals surface area (Å²) in [5.41, 5.74) is 10.6. The zero-order chi connectivity index (χ0) is 39.6. The largest absolute Gasteiger partial charge is 0.457 e. The van der Waals surface area contributed by atoms with Gasteiger partial charge in [0.2, 0.25) is 11.8 Å². The van der Waals surface area contributed by atoms with E-state index in [1.807, 2.05) is 78.5 Å². The number of rotatable bonds is 12. The minimum absolute atomic E-state index is 0.129. The minimum atomic E-state index is -0.586. The standard InChI is InChI=1S/C43H48N10O4S/c44-40-38-39(29-6-8-33(9-7-29)57-32-4-2-1-3-5-32)48-53(41(38)46-28-45-40)31-14-16-49(17-15-31)18-19-50-20-22-51(23-21-50)24-25-58-34-10-11-35-30(26-34)27-52(43(35)56)36-12-13-37(54)47-42(36)55/h1-11,26,28,31,36H,12-25,27H2,(H2,44,45,46)(H,47,54,55). The third kappa shape index (κ3) is 8.17. The van der Waals surface area contributed by atoms with Crippen LogP contribution < -0.4 is 15.8 Å². The topological polar surface area (TPSA) is 155 Å². The monoisotopic (exact) mass is 800 g/mol. The molecule has 0 aliphatic carbocycles. The summed E-state index contributed by atoms with van der Waals surface area (Å²) >= 11 is 1.81. The van der Waals surface area contributed by atoms with Crippen molar-refractivity contribution in [3.63, 3.8) is 0 Å². The molecular weight excluding hydrogens is 753 g/mol. The predicted octanol–water partition coefficient (Wildman–Crippen LogP) is 4.68. The molecule has 300 valence electrons. The molecule has 3 amide bonds. The van der Waals surface area contributed by atoms with Gasteiger partial charge in [-0.05, 0) is 79.4 Å². The molecule has 3 fully saturated rings. The molecule has 0 bridgehead atoms. The van der Waals surface area contributed by atoms with Crippen molar-refractivity contribution in [2.24, 2.45) is 0 Å². The fourth-order valence-electron chi connectivity index (χ4n) is 8.60. The molecule has 1 unspecified atom stereocenters. The molecule has 5 aromatic rings. The molecule has 3 N–H and O–H groups in total. The smallest absolute Gasteiger partial charge is 0.255 e. The Kier molecular flexibility index (Phi) is 11.1. The quantitative estimate of drug-likeness (QED) is 0.133. The molecule has 4 aliphatic rings. The lowest BCUT2D eigenvalue weighted by atomic mass is 10.0. The van der Waals surface area contributed by atoms with E-state index in [0.29, 0.717) is 24.3 Å². The van der Waals surface area contributed by atoms with Gasteiger partial charge in [0, 0.05) is 93.6 Å². The van der Waals surface area contributed by atoms with Crippen molar-refractivity contribution in [3.8, 4) is 22.8 Å². The highest BCUT2D eigenvalue weighted by molar-refractivity contribution is 7.99. The molecule has 58 heavy (non-hydrogen) atoms. The lowest BCUT2D eigenvalue weighted by Crippen LogP contribution is -2.52. The number of likely N-dealkylation sites (tertiary alicyclic amines) is 1. The third-order valence-electron chi connectivity index (χ3n) is 11.9. The highest BCUT2D eigenvalue weighted by Gasteiger charge is 2.39. The van der Waals surface area contributed by atoms with E-state index in [9.17, 15) is 14.4 Å². The fraction of sp³-hybridized carbons (Fsp3) is 0.395. The average Bonchev–Trinajstić information content (AvgIpc) is 3.80. The highest BCUT2D eigenvalue weighted by atomic mass is 32.2. The van der Waals surface area contributed by atoms with Crippen LogP contribution in [0.4, 0.5) is 5.82 Å². The zero-order valence-electron chi connectivity index (χ0n) is 32.5. The Balaban J connectivity index is 0.717. The number of aromatic nitrogens is 4. The lowest BCUT2D eigenvalue weighted by Gasteiger charge is -2.37. The van der Waals surface area contributed by atoms with Crippen LogP contribution in [0.1, 0.15) is 47.6 Å². The summed E-state index contributed by atoms with van der Waals surface area (Å²) in [6.07, 6.45) is 4.16. The zero-order valence-corrected chi connectivity index (χ0v) is 33.3. The number of carbonyl (C=O) groups is 3. The number of anilines is 1. The first-order chi connectivity index (χ1) is 28.4. The van der Waals surface area contributed by atoms with Gasteiger partial charge < -0.3 is 20.3 Å². The average molecular weight is 801 g/mol. The summed E-state index contributed by atoms with van der Waals surface area (Å²) in [6, 6.07) is 23.3. The summed E-state index contributed by atoms with van der Waals surface area (Å²) < 4.78 is 8.08. The number of thioether (sulfide) groups is 1. The van der Waals surface area contributed by atoms with Crippen LogP contribution in [-0.2, 0) is 16.1 Å². The van der Waals surface area contributed by atoms with Gasteiger partial charge in [-0.2, -0.15) is 5.10 Å². The maximum Gasteiger partial charge on any atom is 0.255 e. The van der Waals surface area contributed by atoms with Crippen LogP contribution in [0.15, 0.2) is 84.0 Å². The molecule has 4 aliphatic heterocycles. The molecule has 0 radical (unpaired) electrons. The number of nitrogens with zero attached hydrogens (tertiary/aromatic N) is 8. The fourth-order valence-corrected chi connectivity index (χ4v) is 9.57. The van der Waals surface area contributed by atoms with E-state index in [1.165, 1.54) is 6.33 Å². The number of nitrogen functional groups attached to an aromatic ring is 1. The summed E-state index contributed by atoms with van der Waals surface area (Å²) in [5, 5.41) is 8.28. The molecule has 15 heteroatoms. The number of nitrogens with two attached hydrogens (primary N) is 1. The van der Waals surface area contributed by atoms with Gasteiger partial charge in [-0.25, -0.2) is 14.6 Å². The van der Waals surface area contributed by atoms with Crippen molar-refractivity contribution < 1.29 is 19.1 Å². The van der Waals surface area contributed by atoms with Crippen LogP contribution >= 0.6 is 11.8 Å². The van der Waals surface area contributed by atoms with Crippen molar-refractivity contribution in [3.05, 3.63) is 90.3 Å². The second kappa shape index (κ2) is 16.9. The van der Waals surface area contributed by atoms with Crippen LogP contribution in [0.2, 0.25) is 0 Å². The predicted molar refractivity (Wildman–Crippen MR) is 222 cm³/mol. The molecule has 3 aromatic carbocycles. The van der Waals surface area contributed by atoms with E-state index in [0.717, 1.165) is 122 Å². The van der Waals surface area contributed by atoms with Gasteiger partial charge in [-0.1, -0.05) is 18.2 Å². The number of fused-ring (bicyclic) bond motifs is 2. The number of carbonyl (C=O) groups excluding carboxylic acids is 3. The van der Waals surface area contributed by atoms with Crippen molar-refractivity contribution >= 4 is 46.3 Å². The van der Waals surface area contributed by atoms with Gasteiger partial charge in [-0.3, -0.25) is 29.5 Å². The number of hydrogen-bond acceptors (Lipinski definition) is 12. The first-order valence-electron chi connectivity index (χ1n) is 20.3. The van der Waals surface area contributed by atoms with Crippen LogP contribution in [0.3, 0.4) is 0 Å². The normalized spacial score (nSPS) is 19.8. The second-order valence-corrected chi connectivity index (χ2v) is 16.7. The number of amides is 3. The molecule has 6 heterocycles. The highest BCUT2D eigenvalue weighted by Crippen LogP contribution is 2.36. The third-order valence-corrected chi connectivity index (χ3v) is 12.9. The molecule has 0 saturated carbocycles. The van der Waals surface area contributed by atoms with Gasteiger partial charge in [0.15, 0.2) is 5.65 Å². The van der Waals surface area contributed by atoms with Crippen LogP contribution in [0.25, 0.3) is 22.3 Å². The SMILES string of the molecule is Nc1ncnc2c1c(-c1ccc(Oc3ccccc3)cc1)nn2C1CCN(CCN2CCN(CCSc3ccc4c(c3)CN(C3CCC(=O)NC3=O)C4=O)CC2)CC1. The van der Waals surface area contributed by atoms with Gasteiger partial charge in [-0.15, -0.1) is 11.8 Å².